The molecule has 1 fully saturated rings. The maximum Gasteiger partial charge on any atom is 0.343 e. The van der Waals surface area contributed by atoms with Gasteiger partial charge in [-0.3, -0.25) is 19.4 Å². The number of rotatable bonds is 4. The van der Waals surface area contributed by atoms with Gasteiger partial charge in [0.25, 0.3) is 5.91 Å². The van der Waals surface area contributed by atoms with E-state index < -0.39 is 23.6 Å². The van der Waals surface area contributed by atoms with Gasteiger partial charge in [-0.2, -0.15) is 4.99 Å². The largest absolute Gasteiger partial charge is 0.343 e. The zero-order valence-electron chi connectivity index (χ0n) is 16.2. The fourth-order valence-electron chi connectivity index (χ4n) is 3.64. The summed E-state index contributed by atoms with van der Waals surface area (Å²) in [6, 6.07) is 12.1. The Labute approximate surface area is 177 Å². The van der Waals surface area contributed by atoms with Gasteiger partial charge in [-0.25, -0.2) is 9.59 Å². The Morgan fingerprint density at radius 2 is 1.57 bits per heavy atom. The van der Waals surface area contributed by atoms with Crippen molar-refractivity contribution in [2.75, 3.05) is 14.1 Å². The first kappa shape index (κ1) is 19.8. The summed E-state index contributed by atoms with van der Waals surface area (Å²) in [5.41, 5.74) is 0.314. The van der Waals surface area contributed by atoms with Crippen molar-refractivity contribution in [1.82, 2.24) is 15.1 Å². The van der Waals surface area contributed by atoms with E-state index in [-0.39, 0.29) is 17.9 Å². The van der Waals surface area contributed by atoms with E-state index in [0.29, 0.717) is 16.1 Å². The molecule has 2 aromatic carbocycles. The van der Waals surface area contributed by atoms with Gasteiger partial charge in [0, 0.05) is 36.7 Å². The predicted molar refractivity (Wildman–Crippen MR) is 110 cm³/mol. The van der Waals surface area contributed by atoms with Crippen LogP contribution in [0.25, 0.3) is 0 Å². The molecule has 30 heavy (non-hydrogen) atoms. The van der Waals surface area contributed by atoms with Crippen molar-refractivity contribution in [3.63, 3.8) is 0 Å². The molecule has 9 heteroatoms. The number of carbonyl (C=O) groups is 4. The number of nitrogens with one attached hydrogen (secondary N) is 1. The maximum absolute atomic E-state index is 12.6. The second-order valence-electron chi connectivity index (χ2n) is 7.17. The molecular formula is C21H17ClN4O4. The van der Waals surface area contributed by atoms with Crippen molar-refractivity contribution in [2.45, 2.75) is 12.1 Å². The first-order valence-electron chi connectivity index (χ1n) is 9.09. The second-order valence-corrected chi connectivity index (χ2v) is 7.60. The molecule has 2 aliphatic heterocycles. The Morgan fingerprint density at radius 1 is 1.00 bits per heavy atom. The molecule has 1 saturated heterocycles. The number of amides is 5. The van der Waals surface area contributed by atoms with E-state index in [2.05, 4.69) is 10.3 Å². The summed E-state index contributed by atoms with van der Waals surface area (Å²) in [5, 5.41) is 3.20. The zero-order valence-corrected chi connectivity index (χ0v) is 16.9. The minimum absolute atomic E-state index is 0.0292. The molecule has 1 unspecified atom stereocenters. The Morgan fingerprint density at radius 3 is 2.17 bits per heavy atom. The molecule has 4 rings (SSSR count). The van der Waals surface area contributed by atoms with E-state index in [1.165, 1.54) is 19.0 Å². The molecule has 0 radical (unpaired) electrons. The molecule has 2 aromatic rings. The van der Waals surface area contributed by atoms with Crippen molar-refractivity contribution in [2.24, 2.45) is 4.99 Å². The van der Waals surface area contributed by atoms with Gasteiger partial charge in [-0.1, -0.05) is 35.9 Å². The van der Waals surface area contributed by atoms with E-state index in [1.54, 1.807) is 48.5 Å². The van der Waals surface area contributed by atoms with Crippen molar-refractivity contribution in [3.05, 3.63) is 70.2 Å². The third-order valence-corrected chi connectivity index (χ3v) is 5.61. The normalized spacial score (nSPS) is 20.8. The first-order valence-corrected chi connectivity index (χ1v) is 9.47. The van der Waals surface area contributed by atoms with Crippen LogP contribution < -0.4 is 5.32 Å². The van der Waals surface area contributed by atoms with Gasteiger partial charge < -0.3 is 5.32 Å². The van der Waals surface area contributed by atoms with Gasteiger partial charge in [-0.05, 0) is 29.8 Å². The highest BCUT2D eigenvalue weighted by Crippen LogP contribution is 2.29. The van der Waals surface area contributed by atoms with E-state index in [0.717, 1.165) is 10.5 Å². The number of aliphatic imine (C=N–C) groups is 1. The number of hydrogen-bond acceptors (Lipinski definition) is 4. The van der Waals surface area contributed by atoms with E-state index in [9.17, 15) is 19.2 Å². The number of fused-ring (bicyclic) bond motifs is 1. The molecule has 1 atom stereocenters. The lowest BCUT2D eigenvalue weighted by atomic mass is 9.90. The average molecular weight is 425 g/mol. The van der Waals surface area contributed by atoms with E-state index in [1.807, 2.05) is 0 Å². The average Bonchev–Trinajstić information content (AvgIpc) is 3.08. The van der Waals surface area contributed by atoms with Crippen LogP contribution in [-0.2, 0) is 11.2 Å². The molecule has 5 amide bonds. The fraction of sp³-hybridized carbons (Fsp3) is 0.190. The minimum atomic E-state index is -1.36. The third kappa shape index (κ3) is 3.05. The maximum atomic E-state index is 12.6. The van der Waals surface area contributed by atoms with Crippen LogP contribution in [0.1, 0.15) is 21.5 Å². The lowest BCUT2D eigenvalue weighted by Gasteiger charge is -2.44. The lowest BCUT2D eigenvalue weighted by Crippen LogP contribution is -2.72. The summed E-state index contributed by atoms with van der Waals surface area (Å²) in [4.78, 5) is 55.6. The number of imide groups is 1. The lowest BCUT2D eigenvalue weighted by molar-refractivity contribution is -0.123. The Bertz CT molecular complexity index is 1110. The van der Waals surface area contributed by atoms with Gasteiger partial charge in [0.2, 0.25) is 0 Å². The summed E-state index contributed by atoms with van der Waals surface area (Å²) >= 11 is 5.87. The molecular weight excluding hydrogens is 408 g/mol. The van der Waals surface area contributed by atoms with Gasteiger partial charge in [-0.15, -0.1) is 0 Å². The highest BCUT2D eigenvalue weighted by Gasteiger charge is 2.56. The summed E-state index contributed by atoms with van der Waals surface area (Å²) in [7, 11) is 2.85. The molecule has 2 heterocycles. The van der Waals surface area contributed by atoms with Crippen LogP contribution in [0, 0.1) is 0 Å². The highest BCUT2D eigenvalue weighted by atomic mass is 35.5. The summed E-state index contributed by atoms with van der Waals surface area (Å²) in [6.07, 6.45) is 0.134. The van der Waals surface area contributed by atoms with Crippen molar-refractivity contribution in [3.8, 4) is 0 Å². The van der Waals surface area contributed by atoms with Crippen LogP contribution in [0.4, 0.5) is 9.59 Å². The van der Waals surface area contributed by atoms with Crippen LogP contribution >= 0.6 is 11.6 Å². The Kier molecular flexibility index (Phi) is 4.66. The first-order chi connectivity index (χ1) is 14.2. The number of carbonyl (C=O) groups excluding carboxylic acids is 4. The van der Waals surface area contributed by atoms with Crippen molar-refractivity contribution >= 4 is 41.1 Å². The van der Waals surface area contributed by atoms with Gasteiger partial charge in [0.1, 0.15) is 0 Å². The van der Waals surface area contributed by atoms with Crippen molar-refractivity contribution < 1.29 is 19.2 Å². The van der Waals surface area contributed by atoms with Crippen LogP contribution in [-0.4, -0.2) is 59.0 Å². The fourth-order valence-corrected chi connectivity index (χ4v) is 3.77. The van der Waals surface area contributed by atoms with Gasteiger partial charge >= 0.3 is 12.1 Å². The molecule has 2 aliphatic rings. The number of halogens is 1. The Hall–Kier alpha value is -3.52. The number of likely N-dealkylation sites (N-methyl/N-ethyl adjacent to an activating group) is 1. The number of urea groups is 2. The minimum Gasteiger partial charge on any atom is -0.307 e. The SMILES string of the molecule is CN1C(=O)C2=NC(=O)NC2(Cc2ccc(C(=O)c3ccc(Cl)cc3)cc2)N(C)C1=O. The zero-order chi connectivity index (χ0) is 21.6. The van der Waals surface area contributed by atoms with Crippen LogP contribution in [0.2, 0.25) is 5.02 Å². The molecule has 8 nitrogen and oxygen atoms in total. The smallest absolute Gasteiger partial charge is 0.307 e. The highest BCUT2D eigenvalue weighted by molar-refractivity contribution is 6.48. The summed E-state index contributed by atoms with van der Waals surface area (Å²) < 4.78 is 0. The second kappa shape index (κ2) is 7.07. The molecule has 152 valence electrons. The van der Waals surface area contributed by atoms with Gasteiger partial charge in [0.15, 0.2) is 17.2 Å². The van der Waals surface area contributed by atoms with Crippen molar-refractivity contribution in [1.29, 1.82) is 0 Å². The molecule has 0 spiro atoms. The number of ketones is 1. The van der Waals surface area contributed by atoms with E-state index >= 15 is 0 Å². The molecule has 1 N–H and O–H groups in total. The quantitative estimate of drug-likeness (QED) is 0.762. The topological polar surface area (TPSA) is 99.2 Å². The molecule has 0 aliphatic carbocycles. The molecule has 0 saturated carbocycles. The molecule has 0 aromatic heterocycles. The standard InChI is InChI=1S/C21H17ClN4O4/c1-25-18(28)17-21(24-19(29)23-17,26(2)20(25)30)11-12-3-5-13(6-4-12)16(27)14-7-9-15(22)10-8-14/h3-10H,11H2,1-2H3,(H,24,29). The van der Waals surface area contributed by atoms with Crippen LogP contribution in [0.15, 0.2) is 53.5 Å². The van der Waals surface area contributed by atoms with E-state index in [4.69, 9.17) is 11.6 Å². The molecule has 0 bridgehead atoms. The van der Waals surface area contributed by atoms with Crippen LogP contribution in [0.3, 0.4) is 0 Å². The number of hydrogen-bond donors (Lipinski definition) is 1. The monoisotopic (exact) mass is 424 g/mol. The summed E-state index contributed by atoms with van der Waals surface area (Å²) in [5.74, 6) is -0.777. The third-order valence-electron chi connectivity index (χ3n) is 5.35. The number of nitrogens with zero attached hydrogens (tertiary/aromatic N) is 3. The van der Waals surface area contributed by atoms with Gasteiger partial charge in [0.05, 0.1) is 0 Å². The predicted octanol–water partition coefficient (Wildman–Crippen LogP) is 2.50. The Balaban J connectivity index is 1.62. The number of benzene rings is 2. The summed E-state index contributed by atoms with van der Waals surface area (Å²) in [6.45, 7) is 0. The van der Waals surface area contributed by atoms with Crippen LogP contribution in [0.5, 0.6) is 0 Å².